The van der Waals surface area contributed by atoms with Crippen LogP contribution in [0.1, 0.15) is 32.6 Å². The number of hydrogen-bond donors (Lipinski definition) is 0. The summed E-state index contributed by atoms with van der Waals surface area (Å²) in [6.45, 7) is 2.64. The van der Waals surface area contributed by atoms with Crippen LogP contribution >= 0.6 is 0 Å². The summed E-state index contributed by atoms with van der Waals surface area (Å²) in [7, 11) is 0. The summed E-state index contributed by atoms with van der Waals surface area (Å²) in [4.78, 5) is 15.1. The Morgan fingerprint density at radius 1 is 0.792 bits per heavy atom. The molecule has 1 aliphatic rings. The number of benzene rings is 3. The van der Waals surface area contributed by atoms with Gasteiger partial charge in [-0.1, -0.05) is 60.2 Å². The molecule has 1 heterocycles. The molecule has 0 aliphatic carbocycles. The third-order valence-corrected chi connectivity index (χ3v) is 4.65. The lowest BCUT2D eigenvalue weighted by Crippen LogP contribution is -2.30. The zero-order chi connectivity index (χ0) is 16.5. The highest BCUT2D eigenvalue weighted by Crippen LogP contribution is 2.31. The van der Waals surface area contributed by atoms with E-state index in [9.17, 15) is 4.79 Å². The number of amides is 1. The molecule has 3 aromatic rings. The fourth-order valence-corrected chi connectivity index (χ4v) is 3.30. The summed E-state index contributed by atoms with van der Waals surface area (Å²) in [5, 5.41) is 0. The number of nitrogens with zero attached hydrogens (tertiary/aromatic N) is 1. The van der Waals surface area contributed by atoms with Crippen LogP contribution in [-0.4, -0.2) is 5.91 Å². The van der Waals surface area contributed by atoms with E-state index < -0.39 is 0 Å². The second kappa shape index (κ2) is 5.97. The molecule has 2 nitrogen and oxygen atoms in total. The van der Waals surface area contributed by atoms with Crippen LogP contribution in [0.25, 0.3) is 0 Å². The molecule has 2 heteroatoms. The van der Waals surface area contributed by atoms with Gasteiger partial charge in [0.05, 0.1) is 6.54 Å². The minimum atomic E-state index is 0.0548. The summed E-state index contributed by atoms with van der Waals surface area (Å²) in [5.41, 5.74) is 6.61. The molecule has 4 rings (SSSR count). The smallest absolute Gasteiger partial charge is 0.258 e. The zero-order valence-corrected chi connectivity index (χ0v) is 13.7. The van der Waals surface area contributed by atoms with Gasteiger partial charge >= 0.3 is 0 Å². The molecule has 0 atom stereocenters. The number of carbonyl (C=O) groups excluding carboxylic acids is 1. The van der Waals surface area contributed by atoms with Crippen molar-refractivity contribution in [2.45, 2.75) is 19.9 Å². The molecule has 24 heavy (non-hydrogen) atoms. The lowest BCUT2D eigenvalue weighted by Gasteiger charge is -2.23. The Bertz CT molecular complexity index is 896. The average Bonchev–Trinajstić information content (AvgIpc) is 2.78. The summed E-state index contributed by atoms with van der Waals surface area (Å²) >= 11 is 0. The number of para-hydroxylation sites is 1. The van der Waals surface area contributed by atoms with E-state index in [2.05, 4.69) is 24.3 Å². The first-order valence-electron chi connectivity index (χ1n) is 8.25. The van der Waals surface area contributed by atoms with E-state index in [0.717, 1.165) is 23.2 Å². The van der Waals surface area contributed by atoms with E-state index in [1.54, 1.807) is 0 Å². The van der Waals surface area contributed by atoms with E-state index in [-0.39, 0.29) is 5.91 Å². The van der Waals surface area contributed by atoms with E-state index in [4.69, 9.17) is 0 Å². The summed E-state index contributed by atoms with van der Waals surface area (Å²) in [6, 6.07) is 24.4. The second-order valence-corrected chi connectivity index (χ2v) is 6.33. The fourth-order valence-electron chi connectivity index (χ4n) is 3.30. The van der Waals surface area contributed by atoms with Crippen LogP contribution < -0.4 is 4.90 Å². The number of aryl methyl sites for hydroxylation is 1. The van der Waals surface area contributed by atoms with Gasteiger partial charge in [0.1, 0.15) is 0 Å². The van der Waals surface area contributed by atoms with Gasteiger partial charge in [-0.3, -0.25) is 4.79 Å². The Labute approximate surface area is 142 Å². The second-order valence-electron chi connectivity index (χ2n) is 6.33. The van der Waals surface area contributed by atoms with Crippen LogP contribution in [0.4, 0.5) is 5.69 Å². The molecule has 0 unspecified atom stereocenters. The minimum absolute atomic E-state index is 0.0548. The summed E-state index contributed by atoms with van der Waals surface area (Å²) < 4.78 is 0. The number of anilines is 1. The van der Waals surface area contributed by atoms with Crippen molar-refractivity contribution in [2.24, 2.45) is 0 Å². The Balaban J connectivity index is 1.81. The van der Waals surface area contributed by atoms with E-state index in [1.807, 2.05) is 60.4 Å². The standard InChI is InChI=1S/C22H19NO/c1-16-10-12-17(13-11-16)22(24)23-15-20-8-3-2-6-18(20)14-19-7-4-5-9-21(19)23/h2-13H,14-15H2,1H3. The predicted octanol–water partition coefficient (Wildman–Crippen LogP) is 4.75. The van der Waals surface area contributed by atoms with Crippen molar-refractivity contribution in [3.63, 3.8) is 0 Å². The maximum atomic E-state index is 13.2. The van der Waals surface area contributed by atoms with Crippen LogP contribution in [0.5, 0.6) is 0 Å². The van der Waals surface area contributed by atoms with Crippen LogP contribution in [0, 0.1) is 6.92 Å². The summed E-state index contributed by atoms with van der Waals surface area (Å²) in [6.07, 6.45) is 0.865. The maximum absolute atomic E-state index is 13.2. The molecule has 0 N–H and O–H groups in total. The highest BCUT2D eigenvalue weighted by Gasteiger charge is 2.24. The van der Waals surface area contributed by atoms with Crippen LogP contribution in [-0.2, 0) is 13.0 Å². The molecule has 0 saturated heterocycles. The van der Waals surface area contributed by atoms with E-state index in [0.29, 0.717) is 6.54 Å². The Hall–Kier alpha value is -2.87. The average molecular weight is 313 g/mol. The zero-order valence-electron chi connectivity index (χ0n) is 13.7. The van der Waals surface area contributed by atoms with Crippen molar-refractivity contribution < 1.29 is 4.79 Å². The van der Waals surface area contributed by atoms with Gasteiger partial charge < -0.3 is 4.90 Å². The van der Waals surface area contributed by atoms with Gasteiger partial charge in [0.2, 0.25) is 0 Å². The van der Waals surface area contributed by atoms with Crippen molar-refractivity contribution in [1.82, 2.24) is 0 Å². The van der Waals surface area contributed by atoms with Gasteiger partial charge in [-0.05, 0) is 48.2 Å². The highest BCUT2D eigenvalue weighted by molar-refractivity contribution is 6.06. The third-order valence-electron chi connectivity index (χ3n) is 4.65. The molecule has 1 amide bonds. The molecule has 0 bridgehead atoms. The number of hydrogen-bond acceptors (Lipinski definition) is 1. The lowest BCUT2D eigenvalue weighted by atomic mass is 10.0. The van der Waals surface area contributed by atoms with Crippen molar-refractivity contribution in [2.75, 3.05) is 4.90 Å². The molecule has 0 saturated carbocycles. The summed E-state index contributed by atoms with van der Waals surface area (Å²) in [5.74, 6) is 0.0548. The Morgan fingerprint density at radius 2 is 1.42 bits per heavy atom. The Morgan fingerprint density at radius 3 is 2.17 bits per heavy atom. The maximum Gasteiger partial charge on any atom is 0.258 e. The van der Waals surface area contributed by atoms with Crippen LogP contribution in [0.2, 0.25) is 0 Å². The first-order chi connectivity index (χ1) is 11.7. The SMILES string of the molecule is Cc1ccc(C(=O)N2Cc3ccccc3Cc3ccccc32)cc1. The molecular formula is C22H19NO. The van der Waals surface area contributed by atoms with E-state index in [1.165, 1.54) is 16.7 Å². The quantitative estimate of drug-likeness (QED) is 0.635. The van der Waals surface area contributed by atoms with Crippen molar-refractivity contribution >= 4 is 11.6 Å². The first kappa shape index (κ1) is 14.7. The number of rotatable bonds is 1. The van der Waals surface area contributed by atoms with Crippen molar-refractivity contribution in [1.29, 1.82) is 0 Å². The molecule has 0 aromatic heterocycles. The molecule has 118 valence electrons. The highest BCUT2D eigenvalue weighted by atomic mass is 16.2. The predicted molar refractivity (Wildman–Crippen MR) is 97.4 cm³/mol. The first-order valence-corrected chi connectivity index (χ1v) is 8.25. The normalized spacial score (nSPS) is 13.0. The molecular weight excluding hydrogens is 294 g/mol. The van der Waals surface area contributed by atoms with Gasteiger partial charge in [-0.2, -0.15) is 0 Å². The molecule has 0 fully saturated rings. The molecule has 0 radical (unpaired) electrons. The molecule has 3 aromatic carbocycles. The van der Waals surface area contributed by atoms with E-state index >= 15 is 0 Å². The van der Waals surface area contributed by atoms with Crippen LogP contribution in [0.3, 0.4) is 0 Å². The van der Waals surface area contributed by atoms with Gasteiger partial charge in [0.15, 0.2) is 0 Å². The largest absolute Gasteiger partial charge is 0.304 e. The topological polar surface area (TPSA) is 20.3 Å². The van der Waals surface area contributed by atoms with Crippen molar-refractivity contribution in [3.05, 3.63) is 101 Å². The fraction of sp³-hybridized carbons (Fsp3) is 0.136. The van der Waals surface area contributed by atoms with Crippen LogP contribution in [0.15, 0.2) is 72.8 Å². The van der Waals surface area contributed by atoms with Gasteiger partial charge in [0.25, 0.3) is 5.91 Å². The number of fused-ring (bicyclic) bond motifs is 2. The third kappa shape index (κ3) is 2.61. The molecule has 0 spiro atoms. The monoisotopic (exact) mass is 313 g/mol. The minimum Gasteiger partial charge on any atom is -0.304 e. The van der Waals surface area contributed by atoms with Gasteiger partial charge in [-0.25, -0.2) is 0 Å². The lowest BCUT2D eigenvalue weighted by molar-refractivity contribution is 0.0985. The van der Waals surface area contributed by atoms with Gasteiger partial charge in [0, 0.05) is 11.3 Å². The molecule has 1 aliphatic heterocycles. The van der Waals surface area contributed by atoms with Crippen molar-refractivity contribution in [3.8, 4) is 0 Å². The Kier molecular flexibility index (Phi) is 3.66. The van der Waals surface area contributed by atoms with Gasteiger partial charge in [-0.15, -0.1) is 0 Å². The number of carbonyl (C=O) groups is 1.